The molecule has 0 spiro atoms. The van der Waals surface area contributed by atoms with E-state index in [4.69, 9.17) is 0 Å². The average molecular weight is 292 g/mol. The van der Waals surface area contributed by atoms with Crippen LogP contribution in [-0.4, -0.2) is 21.8 Å². The van der Waals surface area contributed by atoms with Crippen LogP contribution in [0.2, 0.25) is 0 Å². The molecule has 4 nitrogen and oxygen atoms in total. The Morgan fingerprint density at radius 3 is 2.50 bits per heavy atom. The van der Waals surface area contributed by atoms with Crippen molar-refractivity contribution in [1.82, 2.24) is 0 Å². The van der Waals surface area contributed by atoms with Crippen LogP contribution < -0.4 is 0 Å². The van der Waals surface area contributed by atoms with E-state index < -0.39 is 0 Å². The van der Waals surface area contributed by atoms with Crippen molar-refractivity contribution in [2.24, 2.45) is 0 Å². The summed E-state index contributed by atoms with van der Waals surface area (Å²) in [6.45, 7) is 1.85. The number of aromatic hydroxyl groups is 2. The lowest BCUT2D eigenvalue weighted by Crippen LogP contribution is -2.19. The van der Waals surface area contributed by atoms with Crippen molar-refractivity contribution in [2.75, 3.05) is 0 Å². The minimum absolute atomic E-state index is 0.0183. The molecule has 0 atom stereocenters. The summed E-state index contributed by atoms with van der Waals surface area (Å²) in [5.74, 6) is -0.821. The van der Waals surface area contributed by atoms with Crippen LogP contribution in [0.5, 0.6) is 11.5 Å². The molecular weight excluding hydrogens is 280 g/mol. The quantitative estimate of drug-likeness (QED) is 0.783. The number of phenolic OH excluding ortho intramolecular Hbond substituents is 2. The van der Waals surface area contributed by atoms with Crippen molar-refractivity contribution in [3.8, 4) is 11.5 Å². The molecule has 0 saturated heterocycles. The number of benzene rings is 2. The predicted molar refractivity (Wildman–Crippen MR) is 80.2 cm³/mol. The van der Waals surface area contributed by atoms with Crippen LogP contribution >= 0.6 is 0 Å². The maximum atomic E-state index is 12.8. The average Bonchev–Trinajstić information content (AvgIpc) is 2.84. The lowest BCUT2D eigenvalue weighted by Gasteiger charge is -2.17. The van der Waals surface area contributed by atoms with Crippen molar-refractivity contribution >= 4 is 17.1 Å². The Labute approximate surface area is 126 Å². The molecule has 0 heterocycles. The highest BCUT2D eigenvalue weighted by atomic mass is 16.3. The van der Waals surface area contributed by atoms with E-state index in [0.717, 1.165) is 11.1 Å². The normalized spacial score (nSPS) is 15.7. The van der Waals surface area contributed by atoms with Crippen LogP contribution in [0.1, 0.15) is 37.4 Å². The summed E-state index contributed by atoms with van der Waals surface area (Å²) in [5.41, 5.74) is 2.98. The van der Waals surface area contributed by atoms with Gasteiger partial charge < -0.3 is 10.2 Å². The van der Waals surface area contributed by atoms with Gasteiger partial charge in [0.15, 0.2) is 11.6 Å². The van der Waals surface area contributed by atoms with E-state index in [0.29, 0.717) is 17.6 Å². The zero-order valence-corrected chi connectivity index (χ0v) is 11.8. The molecule has 108 valence electrons. The first kappa shape index (κ1) is 12.8. The monoisotopic (exact) mass is 292 g/mol. The Bertz CT molecular complexity index is 919. The lowest BCUT2D eigenvalue weighted by atomic mass is 9.83. The van der Waals surface area contributed by atoms with E-state index in [2.05, 4.69) is 0 Å². The third-order valence-corrected chi connectivity index (χ3v) is 4.28. The minimum atomic E-state index is -0.337. The highest BCUT2D eigenvalue weighted by Gasteiger charge is 2.40. The summed E-state index contributed by atoms with van der Waals surface area (Å²) >= 11 is 0. The van der Waals surface area contributed by atoms with Gasteiger partial charge in [0.25, 0.3) is 0 Å². The maximum absolute atomic E-state index is 12.8. The number of hydrogen-bond acceptors (Lipinski definition) is 4. The molecule has 0 aromatic heterocycles. The van der Waals surface area contributed by atoms with E-state index in [-0.39, 0.29) is 39.8 Å². The fourth-order valence-electron chi connectivity index (χ4n) is 3.40. The third-order valence-electron chi connectivity index (χ3n) is 4.28. The number of aryl methyl sites for hydroxylation is 1. The van der Waals surface area contributed by atoms with Gasteiger partial charge in [-0.1, -0.05) is 18.2 Å². The van der Waals surface area contributed by atoms with Crippen molar-refractivity contribution < 1.29 is 19.8 Å². The number of carbonyl (C=O) groups is 2. The third kappa shape index (κ3) is 1.46. The summed E-state index contributed by atoms with van der Waals surface area (Å²) < 4.78 is 0. The van der Waals surface area contributed by atoms with Gasteiger partial charge in [-0.15, -0.1) is 0 Å². The van der Waals surface area contributed by atoms with Crippen LogP contribution in [0.4, 0.5) is 0 Å². The van der Waals surface area contributed by atoms with Crippen LogP contribution in [0.15, 0.2) is 35.9 Å². The number of phenols is 2. The molecule has 0 aliphatic heterocycles. The number of Topliss-reactive ketones (excluding diaryl/α,β-unsaturated/α-hetero) is 2. The largest absolute Gasteiger partial charge is 0.507 e. The Morgan fingerprint density at radius 1 is 0.955 bits per heavy atom. The van der Waals surface area contributed by atoms with Gasteiger partial charge in [0.1, 0.15) is 11.5 Å². The molecule has 0 saturated carbocycles. The zero-order chi connectivity index (χ0) is 15.6. The lowest BCUT2D eigenvalue weighted by molar-refractivity contribution is 0.0989. The fraction of sp³-hybridized carbons (Fsp3) is 0.111. The van der Waals surface area contributed by atoms with Gasteiger partial charge in [-0.25, -0.2) is 0 Å². The second kappa shape index (κ2) is 4.07. The summed E-state index contributed by atoms with van der Waals surface area (Å²) in [5, 5.41) is 20.1. The standard InChI is InChI=1S/C18H12O4/c1-8-5-9-7-11-16(14(9)13(20)6-8)17(21)10-3-2-4-12(19)15(10)18(11)22/h2-6,19-20H,7H2,1H3. The molecule has 2 aromatic carbocycles. The van der Waals surface area contributed by atoms with E-state index in [1.165, 1.54) is 18.2 Å². The SMILES string of the molecule is Cc1cc(O)c2c(c1)CC1=C2C(=O)c2cccc(O)c2C1=O. The second-order valence-electron chi connectivity index (χ2n) is 5.71. The van der Waals surface area contributed by atoms with E-state index in [1.54, 1.807) is 6.07 Å². The maximum Gasteiger partial charge on any atom is 0.195 e. The smallest absolute Gasteiger partial charge is 0.195 e. The first-order chi connectivity index (χ1) is 10.5. The van der Waals surface area contributed by atoms with Crippen LogP contribution in [0.3, 0.4) is 0 Å². The highest BCUT2D eigenvalue weighted by molar-refractivity contribution is 6.42. The van der Waals surface area contributed by atoms with Gasteiger partial charge >= 0.3 is 0 Å². The first-order valence-corrected chi connectivity index (χ1v) is 6.96. The molecule has 0 fully saturated rings. The molecule has 2 aliphatic rings. The van der Waals surface area contributed by atoms with Gasteiger partial charge in [0, 0.05) is 28.7 Å². The second-order valence-corrected chi connectivity index (χ2v) is 5.71. The Balaban J connectivity index is 2.01. The summed E-state index contributed by atoms with van der Waals surface area (Å²) in [7, 11) is 0. The molecule has 2 aliphatic carbocycles. The zero-order valence-electron chi connectivity index (χ0n) is 11.8. The van der Waals surface area contributed by atoms with Gasteiger partial charge in [-0.3, -0.25) is 9.59 Å². The highest BCUT2D eigenvalue weighted by Crippen LogP contribution is 2.46. The number of carbonyl (C=O) groups excluding carboxylic acids is 2. The molecule has 2 N–H and O–H groups in total. The first-order valence-electron chi connectivity index (χ1n) is 6.96. The van der Waals surface area contributed by atoms with Crippen LogP contribution in [0, 0.1) is 6.92 Å². The number of hydrogen-bond donors (Lipinski definition) is 2. The number of allylic oxidation sites excluding steroid dienone is 2. The number of fused-ring (bicyclic) bond motifs is 3. The van der Waals surface area contributed by atoms with Gasteiger partial charge in [-0.05, 0) is 30.2 Å². The topological polar surface area (TPSA) is 74.6 Å². The van der Waals surface area contributed by atoms with Crippen molar-refractivity contribution in [1.29, 1.82) is 0 Å². The Kier molecular flexibility index (Phi) is 2.37. The predicted octanol–water partition coefficient (Wildman–Crippen LogP) is 2.80. The summed E-state index contributed by atoms with van der Waals surface area (Å²) in [4.78, 5) is 25.4. The van der Waals surface area contributed by atoms with Crippen LogP contribution in [-0.2, 0) is 6.42 Å². The molecule has 0 radical (unpaired) electrons. The molecule has 4 heteroatoms. The fourth-order valence-corrected chi connectivity index (χ4v) is 3.40. The van der Waals surface area contributed by atoms with Crippen LogP contribution in [0.25, 0.3) is 5.57 Å². The molecule has 2 aromatic rings. The Hall–Kier alpha value is -2.88. The van der Waals surface area contributed by atoms with Gasteiger partial charge in [0.2, 0.25) is 0 Å². The number of ketones is 2. The van der Waals surface area contributed by atoms with E-state index >= 15 is 0 Å². The molecule has 0 amide bonds. The molecular formula is C18H12O4. The van der Waals surface area contributed by atoms with Crippen molar-refractivity contribution in [3.05, 3.63) is 63.7 Å². The van der Waals surface area contributed by atoms with Crippen molar-refractivity contribution in [3.63, 3.8) is 0 Å². The summed E-state index contributed by atoms with van der Waals surface area (Å²) in [6.07, 6.45) is 0.304. The van der Waals surface area contributed by atoms with Gasteiger partial charge in [-0.2, -0.15) is 0 Å². The van der Waals surface area contributed by atoms with E-state index in [9.17, 15) is 19.8 Å². The summed E-state index contributed by atoms with van der Waals surface area (Å²) in [6, 6.07) is 7.93. The van der Waals surface area contributed by atoms with Crippen molar-refractivity contribution in [2.45, 2.75) is 13.3 Å². The Morgan fingerprint density at radius 2 is 1.73 bits per heavy atom. The van der Waals surface area contributed by atoms with E-state index in [1.807, 2.05) is 13.0 Å². The molecule has 0 unspecified atom stereocenters. The molecule has 0 bridgehead atoms. The minimum Gasteiger partial charge on any atom is -0.507 e. The number of rotatable bonds is 0. The molecule has 22 heavy (non-hydrogen) atoms. The van der Waals surface area contributed by atoms with Gasteiger partial charge in [0.05, 0.1) is 5.56 Å². The molecule has 4 rings (SSSR count).